The second-order valence-electron chi connectivity index (χ2n) is 4.80. The van der Waals surface area contributed by atoms with Gasteiger partial charge in [0.15, 0.2) is 11.5 Å². The van der Waals surface area contributed by atoms with Gasteiger partial charge in [-0.05, 0) is 19.1 Å². The van der Waals surface area contributed by atoms with Crippen molar-refractivity contribution >= 4 is 17.3 Å². The fraction of sp³-hybridized carbons (Fsp3) is 0.333. The fourth-order valence-electron chi connectivity index (χ4n) is 2.13. The highest BCUT2D eigenvalue weighted by Crippen LogP contribution is 2.35. The van der Waals surface area contributed by atoms with Crippen LogP contribution in [0.25, 0.3) is 0 Å². The third kappa shape index (κ3) is 3.37. The summed E-state index contributed by atoms with van der Waals surface area (Å²) in [7, 11) is 1.67. The normalized spacial score (nSPS) is 12.3. The van der Waals surface area contributed by atoms with Crippen molar-refractivity contribution in [3.8, 4) is 11.5 Å². The van der Waals surface area contributed by atoms with Gasteiger partial charge in [-0.1, -0.05) is 0 Å². The van der Waals surface area contributed by atoms with Gasteiger partial charge in [0, 0.05) is 31.5 Å². The lowest BCUT2D eigenvalue weighted by Crippen LogP contribution is -2.10. The van der Waals surface area contributed by atoms with Gasteiger partial charge >= 0.3 is 0 Å². The minimum Gasteiger partial charge on any atom is -0.454 e. The van der Waals surface area contributed by atoms with Crippen LogP contribution in [0.2, 0.25) is 0 Å². The Labute approximate surface area is 128 Å². The van der Waals surface area contributed by atoms with Crippen LogP contribution in [0.1, 0.15) is 5.82 Å². The first-order valence-corrected chi connectivity index (χ1v) is 7.00. The van der Waals surface area contributed by atoms with E-state index in [0.29, 0.717) is 24.8 Å². The average Bonchev–Trinajstić information content (AvgIpc) is 2.94. The Hall–Kier alpha value is -2.54. The summed E-state index contributed by atoms with van der Waals surface area (Å²) in [5.41, 5.74) is 0.880. The molecule has 0 fully saturated rings. The third-order valence-electron chi connectivity index (χ3n) is 3.10. The molecule has 22 heavy (non-hydrogen) atoms. The molecule has 0 saturated heterocycles. The molecule has 1 aliphatic rings. The van der Waals surface area contributed by atoms with Crippen molar-refractivity contribution in [1.29, 1.82) is 0 Å². The minimum atomic E-state index is 0.263. The number of ether oxygens (including phenoxy) is 3. The molecule has 2 heterocycles. The SMILES string of the molecule is COCCNc1cc(Nc2ccc3c(c2)OCO3)nc(C)n1. The summed E-state index contributed by atoms with van der Waals surface area (Å²) >= 11 is 0. The molecule has 0 spiro atoms. The van der Waals surface area contributed by atoms with Gasteiger partial charge in [0.2, 0.25) is 6.79 Å². The van der Waals surface area contributed by atoms with E-state index in [1.165, 1.54) is 0 Å². The first-order chi connectivity index (χ1) is 10.7. The van der Waals surface area contributed by atoms with E-state index in [1.54, 1.807) is 7.11 Å². The molecule has 7 nitrogen and oxygen atoms in total. The second-order valence-corrected chi connectivity index (χ2v) is 4.80. The molecule has 1 aliphatic heterocycles. The number of aromatic nitrogens is 2. The number of aryl methyl sites for hydroxylation is 1. The number of hydrogen-bond donors (Lipinski definition) is 2. The summed E-state index contributed by atoms with van der Waals surface area (Å²) in [5, 5.41) is 6.44. The smallest absolute Gasteiger partial charge is 0.231 e. The monoisotopic (exact) mass is 302 g/mol. The molecule has 0 saturated carbocycles. The Morgan fingerprint density at radius 2 is 1.95 bits per heavy atom. The highest BCUT2D eigenvalue weighted by atomic mass is 16.7. The van der Waals surface area contributed by atoms with Gasteiger partial charge in [0.25, 0.3) is 0 Å². The second kappa shape index (κ2) is 6.48. The lowest BCUT2D eigenvalue weighted by atomic mass is 10.3. The molecule has 1 aromatic carbocycles. The number of methoxy groups -OCH3 is 1. The highest BCUT2D eigenvalue weighted by molar-refractivity contribution is 5.63. The molecular weight excluding hydrogens is 284 g/mol. The van der Waals surface area contributed by atoms with Crippen molar-refractivity contribution in [3.63, 3.8) is 0 Å². The quantitative estimate of drug-likeness (QED) is 0.793. The van der Waals surface area contributed by atoms with Gasteiger partial charge in [-0.3, -0.25) is 0 Å². The zero-order valence-corrected chi connectivity index (χ0v) is 12.5. The van der Waals surface area contributed by atoms with E-state index in [4.69, 9.17) is 14.2 Å². The van der Waals surface area contributed by atoms with E-state index in [-0.39, 0.29) is 6.79 Å². The Balaban J connectivity index is 1.74. The van der Waals surface area contributed by atoms with Crippen LogP contribution in [-0.2, 0) is 4.74 Å². The fourth-order valence-corrected chi connectivity index (χ4v) is 2.13. The maximum Gasteiger partial charge on any atom is 0.231 e. The Morgan fingerprint density at radius 3 is 2.82 bits per heavy atom. The zero-order valence-electron chi connectivity index (χ0n) is 12.5. The summed E-state index contributed by atoms with van der Waals surface area (Å²) in [4.78, 5) is 8.73. The molecule has 0 amide bonds. The van der Waals surface area contributed by atoms with E-state index in [0.717, 1.165) is 23.0 Å². The summed E-state index contributed by atoms with van der Waals surface area (Å²) in [6, 6.07) is 7.53. The van der Waals surface area contributed by atoms with Crippen LogP contribution in [-0.4, -0.2) is 37.0 Å². The maximum absolute atomic E-state index is 5.37. The molecule has 7 heteroatoms. The molecule has 0 atom stereocenters. The number of nitrogens with one attached hydrogen (secondary N) is 2. The Bertz CT molecular complexity index is 663. The molecule has 3 rings (SSSR count). The van der Waals surface area contributed by atoms with E-state index in [9.17, 15) is 0 Å². The van der Waals surface area contributed by atoms with Crippen molar-refractivity contribution in [2.75, 3.05) is 37.7 Å². The molecule has 116 valence electrons. The van der Waals surface area contributed by atoms with Gasteiger partial charge in [0.05, 0.1) is 6.61 Å². The molecule has 0 radical (unpaired) electrons. The maximum atomic E-state index is 5.37. The first kappa shape index (κ1) is 14.4. The lowest BCUT2D eigenvalue weighted by Gasteiger charge is -2.10. The van der Waals surface area contributed by atoms with E-state index in [2.05, 4.69) is 20.6 Å². The molecule has 2 N–H and O–H groups in total. The van der Waals surface area contributed by atoms with Gasteiger partial charge in [-0.25, -0.2) is 9.97 Å². The number of nitrogens with zero attached hydrogens (tertiary/aromatic N) is 2. The number of rotatable bonds is 6. The van der Waals surface area contributed by atoms with Crippen LogP contribution in [0.5, 0.6) is 11.5 Å². The number of benzene rings is 1. The van der Waals surface area contributed by atoms with Gasteiger partial charge < -0.3 is 24.8 Å². The minimum absolute atomic E-state index is 0.263. The van der Waals surface area contributed by atoms with Gasteiger partial charge in [-0.2, -0.15) is 0 Å². The van der Waals surface area contributed by atoms with Crippen LogP contribution < -0.4 is 20.1 Å². The number of fused-ring (bicyclic) bond motifs is 1. The average molecular weight is 302 g/mol. The van der Waals surface area contributed by atoms with Crippen LogP contribution in [0.4, 0.5) is 17.3 Å². The van der Waals surface area contributed by atoms with Gasteiger partial charge in [-0.15, -0.1) is 0 Å². The van der Waals surface area contributed by atoms with E-state index < -0.39 is 0 Å². The molecule has 2 aromatic rings. The largest absolute Gasteiger partial charge is 0.454 e. The van der Waals surface area contributed by atoms with Crippen LogP contribution in [0.15, 0.2) is 24.3 Å². The zero-order chi connectivity index (χ0) is 15.4. The van der Waals surface area contributed by atoms with E-state index in [1.807, 2.05) is 31.2 Å². The molecule has 1 aromatic heterocycles. The predicted octanol–water partition coefficient (Wildman–Crippen LogP) is 2.32. The topological polar surface area (TPSA) is 77.5 Å². The van der Waals surface area contributed by atoms with Crippen LogP contribution in [0, 0.1) is 6.92 Å². The Kier molecular flexibility index (Phi) is 4.24. The third-order valence-corrected chi connectivity index (χ3v) is 3.10. The first-order valence-electron chi connectivity index (χ1n) is 7.00. The van der Waals surface area contributed by atoms with Crippen molar-refractivity contribution in [2.45, 2.75) is 6.92 Å². The van der Waals surface area contributed by atoms with Gasteiger partial charge in [0.1, 0.15) is 17.5 Å². The Morgan fingerprint density at radius 1 is 1.14 bits per heavy atom. The highest BCUT2D eigenvalue weighted by Gasteiger charge is 2.13. The standard InChI is InChI=1S/C15H18N4O3/c1-10-17-14(16-5-6-20-2)8-15(18-10)19-11-3-4-12-13(7-11)22-9-21-12/h3-4,7-8H,5-6,9H2,1-2H3,(H2,16,17,18,19). The number of anilines is 3. The van der Waals surface area contributed by atoms with Crippen molar-refractivity contribution in [1.82, 2.24) is 9.97 Å². The molecule has 0 unspecified atom stereocenters. The predicted molar refractivity (Wildman–Crippen MR) is 83.0 cm³/mol. The summed E-state index contributed by atoms with van der Waals surface area (Å²) in [6.07, 6.45) is 0. The molecule has 0 aliphatic carbocycles. The molecular formula is C15H18N4O3. The van der Waals surface area contributed by atoms with Crippen LogP contribution >= 0.6 is 0 Å². The molecule has 0 bridgehead atoms. The summed E-state index contributed by atoms with van der Waals surface area (Å²) in [5.74, 6) is 3.64. The lowest BCUT2D eigenvalue weighted by molar-refractivity contribution is 0.174. The number of hydrogen-bond acceptors (Lipinski definition) is 7. The summed E-state index contributed by atoms with van der Waals surface area (Å²) < 4.78 is 15.7. The van der Waals surface area contributed by atoms with Crippen molar-refractivity contribution in [2.24, 2.45) is 0 Å². The van der Waals surface area contributed by atoms with E-state index >= 15 is 0 Å². The van der Waals surface area contributed by atoms with Crippen molar-refractivity contribution in [3.05, 3.63) is 30.1 Å². The van der Waals surface area contributed by atoms with Crippen LogP contribution in [0.3, 0.4) is 0 Å². The van der Waals surface area contributed by atoms with Crippen molar-refractivity contribution < 1.29 is 14.2 Å². The summed E-state index contributed by atoms with van der Waals surface area (Å²) in [6.45, 7) is 3.43.